The van der Waals surface area contributed by atoms with Crippen molar-refractivity contribution in [3.8, 4) is 17.3 Å². The van der Waals surface area contributed by atoms with Crippen LogP contribution in [0.3, 0.4) is 0 Å². The van der Waals surface area contributed by atoms with Gasteiger partial charge in [0.05, 0.1) is 46.0 Å². The average molecular weight is 907 g/mol. The molecule has 9 rings (SSSR count). The van der Waals surface area contributed by atoms with Gasteiger partial charge in [-0.1, -0.05) is 19.3 Å². The zero-order valence-electron chi connectivity index (χ0n) is 38.7. The fraction of sp³-hybridized carbons (Fsp3) is 0.520. The number of amides is 2. The first-order valence-corrected chi connectivity index (χ1v) is 23.3. The minimum Gasteiger partial charge on any atom is -0.386 e. The van der Waals surface area contributed by atoms with Gasteiger partial charge in [0.25, 0.3) is 0 Å². The molecule has 4 fully saturated rings. The molecular formula is C50H64F2N10O4. The van der Waals surface area contributed by atoms with Crippen molar-refractivity contribution in [1.82, 2.24) is 34.5 Å². The standard InChI is InChI=1S/C25H36F2N4O2.C24H25N5O.CH3NO/c1-28-24(33)20(4-3-13-32)23-21(26)14-18(15-22(23)27)30-7-5-25(6-8-30)16-19(17-25)31-11-9-29(2)10-12-31;1-24(2,30)21-12-22-17(15-28(27-22)18-6-4-3-5-7-18)11-20(21)23-9-8-19-10-16(13-25)14-26-29(19)23;2-1-3/h13-15,19-20H,3-12,16-17H2,1-2H3,(H,28,33);8-12,14-15,18,30H,3-7H2,1-2H3;1H,(H2,2,3). The van der Waals surface area contributed by atoms with E-state index in [1.54, 1.807) is 20.0 Å². The van der Waals surface area contributed by atoms with E-state index in [4.69, 9.17) is 15.2 Å². The summed E-state index contributed by atoms with van der Waals surface area (Å²) in [7, 11) is 3.61. The SMILES string of the molecule is CC(C)(O)c1cc2nn(C3CCCCC3)cc2cc1-c1ccc2cc(C#N)cnn12.CNC(=O)C(CCC=O)c1c(F)cc(N2CCC3(CC2)CC(N2CCN(C)CC2)C3)cc1F.NC=O. The van der Waals surface area contributed by atoms with Gasteiger partial charge in [0.1, 0.15) is 24.0 Å². The molecule has 2 saturated heterocycles. The van der Waals surface area contributed by atoms with Crippen LogP contribution in [-0.4, -0.2) is 112 Å². The van der Waals surface area contributed by atoms with Gasteiger partial charge < -0.3 is 30.8 Å². The average Bonchev–Trinajstić information content (AvgIpc) is 3.93. The number of fused-ring (bicyclic) bond motifs is 2. The first-order chi connectivity index (χ1) is 31.7. The molecule has 1 atom stereocenters. The van der Waals surface area contributed by atoms with Crippen molar-refractivity contribution in [1.29, 1.82) is 5.26 Å². The summed E-state index contributed by atoms with van der Waals surface area (Å²) >= 11 is 0. The van der Waals surface area contributed by atoms with E-state index in [2.05, 4.69) is 60.9 Å². The minimum atomic E-state index is -1.03. The van der Waals surface area contributed by atoms with Crippen LogP contribution >= 0.6 is 0 Å². The van der Waals surface area contributed by atoms with E-state index in [-0.39, 0.29) is 24.8 Å². The molecule has 5 heterocycles. The highest BCUT2D eigenvalue weighted by Gasteiger charge is 2.48. The van der Waals surface area contributed by atoms with Gasteiger partial charge in [-0.2, -0.15) is 15.5 Å². The molecule has 2 saturated carbocycles. The van der Waals surface area contributed by atoms with Crippen molar-refractivity contribution < 1.29 is 28.3 Å². The Morgan fingerprint density at radius 1 is 1.00 bits per heavy atom. The first-order valence-electron chi connectivity index (χ1n) is 23.3. The summed E-state index contributed by atoms with van der Waals surface area (Å²) < 4.78 is 34.0. The zero-order chi connectivity index (χ0) is 47.2. The van der Waals surface area contributed by atoms with Gasteiger partial charge in [0, 0.05) is 87.2 Å². The van der Waals surface area contributed by atoms with Crippen molar-refractivity contribution in [2.24, 2.45) is 11.1 Å². The van der Waals surface area contributed by atoms with E-state index < -0.39 is 29.1 Å². The number of aldehydes is 1. The Balaban J connectivity index is 0.000000186. The second-order valence-electron chi connectivity index (χ2n) is 19.1. The molecule has 2 amide bonds. The maximum absolute atomic E-state index is 15.0. The lowest BCUT2D eigenvalue weighted by Gasteiger charge is -2.56. The van der Waals surface area contributed by atoms with Crippen molar-refractivity contribution in [3.63, 3.8) is 0 Å². The number of hydrogen-bond acceptors (Lipinski definition) is 10. The quantitative estimate of drug-likeness (QED) is 0.126. The topological polar surface area (TPSA) is 178 Å². The molecule has 1 unspecified atom stereocenters. The summed E-state index contributed by atoms with van der Waals surface area (Å²) in [5.41, 5.74) is 8.71. The number of primary amides is 1. The molecule has 4 aliphatic rings. The Labute approximate surface area is 385 Å². The molecule has 14 nitrogen and oxygen atoms in total. The highest BCUT2D eigenvalue weighted by molar-refractivity contribution is 5.87. The lowest BCUT2D eigenvalue weighted by molar-refractivity contribution is -0.122. The van der Waals surface area contributed by atoms with E-state index in [1.807, 2.05) is 28.8 Å². The van der Waals surface area contributed by atoms with Gasteiger partial charge in [0.2, 0.25) is 12.3 Å². The number of nitrogens with zero attached hydrogens (tertiary/aromatic N) is 8. The van der Waals surface area contributed by atoms with Crippen LogP contribution in [0.4, 0.5) is 14.5 Å². The van der Waals surface area contributed by atoms with E-state index in [0.29, 0.717) is 35.0 Å². The molecule has 0 radical (unpaired) electrons. The number of anilines is 1. The molecule has 16 heteroatoms. The van der Waals surface area contributed by atoms with E-state index >= 15 is 8.78 Å². The largest absolute Gasteiger partial charge is 0.386 e. The molecule has 2 aliphatic heterocycles. The van der Waals surface area contributed by atoms with Crippen LogP contribution in [0.25, 0.3) is 27.7 Å². The summed E-state index contributed by atoms with van der Waals surface area (Å²) in [6, 6.07) is 15.9. The van der Waals surface area contributed by atoms with Crippen molar-refractivity contribution in [2.45, 2.75) is 108 Å². The number of piperidine rings is 1. The number of likely N-dealkylation sites (N-methyl/N-ethyl adjacent to an activating group) is 2. The van der Waals surface area contributed by atoms with Gasteiger partial charge in [-0.3, -0.25) is 19.2 Å². The molecule has 2 aliphatic carbocycles. The number of carbonyl (C=O) groups is 3. The minimum absolute atomic E-state index is 0.0715. The lowest BCUT2D eigenvalue weighted by atomic mass is 9.60. The Morgan fingerprint density at radius 3 is 2.27 bits per heavy atom. The summed E-state index contributed by atoms with van der Waals surface area (Å²) in [6.07, 6.45) is 15.5. The second-order valence-corrected chi connectivity index (χ2v) is 19.1. The molecule has 5 aromatic rings. The fourth-order valence-corrected chi connectivity index (χ4v) is 10.5. The van der Waals surface area contributed by atoms with Crippen LogP contribution in [-0.2, 0) is 20.0 Å². The van der Waals surface area contributed by atoms with E-state index in [9.17, 15) is 14.7 Å². The number of aliphatic hydroxyl groups is 1. The van der Waals surface area contributed by atoms with Crippen molar-refractivity contribution in [3.05, 3.63) is 83.2 Å². The maximum Gasteiger partial charge on any atom is 0.227 e. The fourth-order valence-electron chi connectivity index (χ4n) is 10.5. The Kier molecular flexibility index (Phi) is 15.2. The van der Waals surface area contributed by atoms with Crippen LogP contribution < -0.4 is 16.0 Å². The molecular weight excluding hydrogens is 843 g/mol. The highest BCUT2D eigenvalue weighted by atomic mass is 19.1. The lowest BCUT2D eigenvalue weighted by Crippen LogP contribution is -2.58. The third kappa shape index (κ3) is 10.6. The van der Waals surface area contributed by atoms with Gasteiger partial charge in [-0.15, -0.1) is 0 Å². The molecule has 1 spiro atoms. The smallest absolute Gasteiger partial charge is 0.227 e. The number of nitriles is 1. The van der Waals surface area contributed by atoms with E-state index in [0.717, 1.165) is 85.4 Å². The number of nitrogens with one attached hydrogen (secondary N) is 1. The Bertz CT molecular complexity index is 2510. The monoisotopic (exact) mass is 907 g/mol. The van der Waals surface area contributed by atoms with Crippen LogP contribution in [0.15, 0.2) is 54.9 Å². The van der Waals surface area contributed by atoms with Gasteiger partial charge in [-0.25, -0.2) is 13.3 Å². The van der Waals surface area contributed by atoms with E-state index in [1.165, 1.54) is 64.1 Å². The van der Waals surface area contributed by atoms with Gasteiger partial charge >= 0.3 is 0 Å². The van der Waals surface area contributed by atoms with Crippen LogP contribution in [0.2, 0.25) is 0 Å². The maximum atomic E-state index is 15.0. The number of halogens is 2. The van der Waals surface area contributed by atoms with Crippen LogP contribution in [0.5, 0.6) is 0 Å². The molecule has 352 valence electrons. The predicted octanol–water partition coefficient (Wildman–Crippen LogP) is 6.83. The molecule has 3 aromatic heterocycles. The summed E-state index contributed by atoms with van der Waals surface area (Å²) in [5.74, 6) is -2.94. The molecule has 0 bridgehead atoms. The van der Waals surface area contributed by atoms with Gasteiger partial charge in [-0.05, 0) is 119 Å². The highest BCUT2D eigenvalue weighted by Crippen LogP contribution is 2.51. The summed E-state index contributed by atoms with van der Waals surface area (Å²) in [6.45, 7) is 9.76. The normalized spacial score (nSPS) is 18.7. The van der Waals surface area contributed by atoms with Crippen molar-refractivity contribution >= 4 is 40.7 Å². The molecule has 66 heavy (non-hydrogen) atoms. The molecule has 2 aromatic carbocycles. The van der Waals surface area contributed by atoms with Crippen LogP contribution in [0, 0.1) is 28.4 Å². The number of piperazine rings is 1. The number of aromatic nitrogens is 4. The number of hydrogen-bond donors (Lipinski definition) is 3. The number of rotatable bonds is 10. The summed E-state index contributed by atoms with van der Waals surface area (Å²) in [4.78, 5) is 38.6. The number of nitrogens with two attached hydrogens (primary N) is 1. The second kappa shape index (κ2) is 20.8. The van der Waals surface area contributed by atoms with Gasteiger partial charge in [0.15, 0.2) is 0 Å². The third-order valence-electron chi connectivity index (χ3n) is 14.3. The summed E-state index contributed by atoms with van der Waals surface area (Å²) in [5, 5.41) is 32.9. The third-order valence-corrected chi connectivity index (χ3v) is 14.3. The predicted molar refractivity (Wildman–Crippen MR) is 251 cm³/mol. The number of carbonyl (C=O) groups excluding carboxylic acids is 3. The Hall–Kier alpha value is -5.76. The zero-order valence-corrected chi connectivity index (χ0v) is 38.7. The first kappa shape index (κ1) is 48.2. The molecule has 4 N–H and O–H groups in total. The van der Waals surface area contributed by atoms with Crippen LogP contribution in [0.1, 0.15) is 113 Å². The Morgan fingerprint density at radius 2 is 1.67 bits per heavy atom. The number of benzene rings is 2. The van der Waals surface area contributed by atoms with Crippen molar-refractivity contribution in [2.75, 3.05) is 58.3 Å².